The molecule has 2 rings (SSSR count). The summed E-state index contributed by atoms with van der Waals surface area (Å²) in [6.45, 7) is 3.94. The van der Waals surface area contributed by atoms with E-state index in [4.69, 9.17) is 0 Å². The first-order valence-corrected chi connectivity index (χ1v) is 7.86. The molecule has 5 heteroatoms. The number of nitriles is 1. The van der Waals surface area contributed by atoms with Crippen LogP contribution in [0.1, 0.15) is 44.9 Å². The van der Waals surface area contributed by atoms with Gasteiger partial charge in [0.1, 0.15) is 11.4 Å². The van der Waals surface area contributed by atoms with Crippen molar-refractivity contribution in [1.82, 2.24) is 19.8 Å². The van der Waals surface area contributed by atoms with Gasteiger partial charge in [0, 0.05) is 25.5 Å². The first kappa shape index (κ1) is 16.0. The molecule has 0 bridgehead atoms. The molecule has 0 spiro atoms. The van der Waals surface area contributed by atoms with Crippen LogP contribution in [0.2, 0.25) is 0 Å². The number of imidazole rings is 1. The third-order valence-electron chi connectivity index (χ3n) is 4.15. The molecule has 1 fully saturated rings. The molecule has 1 heterocycles. The minimum atomic E-state index is -0.348. The van der Waals surface area contributed by atoms with Crippen LogP contribution in [0, 0.1) is 11.3 Å². The van der Waals surface area contributed by atoms with Gasteiger partial charge in [0.25, 0.3) is 0 Å². The summed E-state index contributed by atoms with van der Waals surface area (Å²) in [5.41, 5.74) is -0.348. The molecule has 0 saturated heterocycles. The summed E-state index contributed by atoms with van der Waals surface area (Å²) in [6.07, 6.45) is 9.39. The van der Waals surface area contributed by atoms with Crippen LogP contribution < -0.4 is 5.32 Å². The molecule has 0 aliphatic heterocycles. The molecule has 1 aliphatic rings. The minimum Gasteiger partial charge on any atom is -0.337 e. The van der Waals surface area contributed by atoms with Gasteiger partial charge in [0.15, 0.2) is 0 Å². The smallest absolute Gasteiger partial charge is 0.122 e. The molecule has 5 nitrogen and oxygen atoms in total. The summed E-state index contributed by atoms with van der Waals surface area (Å²) < 4.78 is 2.06. The third kappa shape index (κ3) is 5.14. The van der Waals surface area contributed by atoms with Crippen molar-refractivity contribution >= 4 is 0 Å². The van der Waals surface area contributed by atoms with Crippen LogP contribution in [-0.2, 0) is 13.6 Å². The van der Waals surface area contributed by atoms with Crippen LogP contribution in [-0.4, -0.2) is 39.6 Å². The van der Waals surface area contributed by atoms with Crippen LogP contribution in [0.4, 0.5) is 0 Å². The molecule has 21 heavy (non-hydrogen) atoms. The molecule has 1 aromatic rings. The predicted octanol–water partition coefficient (Wildman–Crippen LogP) is 2.06. The Balaban J connectivity index is 1.64. The Morgan fingerprint density at radius 3 is 2.86 bits per heavy atom. The van der Waals surface area contributed by atoms with Gasteiger partial charge in [0.2, 0.25) is 0 Å². The molecule has 1 atom stereocenters. The second-order valence-corrected chi connectivity index (χ2v) is 6.51. The van der Waals surface area contributed by atoms with Gasteiger partial charge in [-0.3, -0.25) is 10.2 Å². The maximum absolute atomic E-state index is 9.34. The average Bonchev–Trinajstić information content (AvgIpc) is 3.17. The Hall–Kier alpha value is -1.38. The van der Waals surface area contributed by atoms with E-state index in [0.717, 1.165) is 38.2 Å². The molecular formula is C16H27N5. The molecule has 1 aromatic heterocycles. The number of nitrogens with zero attached hydrogens (tertiary/aromatic N) is 4. The minimum absolute atomic E-state index is 0.348. The van der Waals surface area contributed by atoms with E-state index in [-0.39, 0.29) is 5.54 Å². The van der Waals surface area contributed by atoms with Crippen LogP contribution >= 0.6 is 0 Å². The second kappa shape index (κ2) is 7.06. The fourth-order valence-corrected chi connectivity index (χ4v) is 2.57. The van der Waals surface area contributed by atoms with Crippen LogP contribution in [0.3, 0.4) is 0 Å². The normalized spacial score (nSPS) is 17.7. The zero-order valence-electron chi connectivity index (χ0n) is 13.5. The van der Waals surface area contributed by atoms with E-state index in [1.54, 1.807) is 0 Å². The highest BCUT2D eigenvalue weighted by Crippen LogP contribution is 2.24. The molecule has 1 saturated carbocycles. The number of aryl methyl sites for hydroxylation is 1. The summed E-state index contributed by atoms with van der Waals surface area (Å²) in [4.78, 5) is 6.64. The highest BCUT2D eigenvalue weighted by atomic mass is 15.1. The van der Waals surface area contributed by atoms with Crippen molar-refractivity contribution in [1.29, 1.82) is 5.26 Å². The Morgan fingerprint density at radius 1 is 1.52 bits per heavy atom. The molecule has 116 valence electrons. The van der Waals surface area contributed by atoms with E-state index in [1.165, 1.54) is 12.8 Å². The highest BCUT2D eigenvalue weighted by molar-refractivity contribution is 5.06. The lowest BCUT2D eigenvalue weighted by atomic mass is 9.96. The lowest BCUT2D eigenvalue weighted by Crippen LogP contribution is -2.42. The molecular weight excluding hydrogens is 262 g/mol. The van der Waals surface area contributed by atoms with Crippen molar-refractivity contribution in [3.05, 3.63) is 18.2 Å². The van der Waals surface area contributed by atoms with Crippen molar-refractivity contribution in [2.45, 2.75) is 57.2 Å². The number of hydrogen-bond acceptors (Lipinski definition) is 4. The summed E-state index contributed by atoms with van der Waals surface area (Å²) in [7, 11) is 4.15. The van der Waals surface area contributed by atoms with Gasteiger partial charge < -0.3 is 4.57 Å². The zero-order valence-corrected chi connectivity index (χ0v) is 13.5. The largest absolute Gasteiger partial charge is 0.337 e. The lowest BCUT2D eigenvalue weighted by molar-refractivity contribution is 0.297. The van der Waals surface area contributed by atoms with E-state index in [9.17, 15) is 5.26 Å². The molecule has 1 unspecified atom stereocenters. The van der Waals surface area contributed by atoms with Gasteiger partial charge in [-0.25, -0.2) is 4.98 Å². The van der Waals surface area contributed by atoms with E-state index in [1.807, 2.05) is 26.4 Å². The first-order chi connectivity index (χ1) is 10.0. The molecule has 1 aliphatic carbocycles. The maximum Gasteiger partial charge on any atom is 0.122 e. The Bertz CT molecular complexity index is 485. The average molecular weight is 289 g/mol. The predicted molar refractivity (Wildman–Crippen MR) is 83.6 cm³/mol. The van der Waals surface area contributed by atoms with Crippen molar-refractivity contribution < 1.29 is 0 Å². The van der Waals surface area contributed by atoms with Crippen molar-refractivity contribution in [3.63, 3.8) is 0 Å². The topological polar surface area (TPSA) is 56.9 Å². The van der Waals surface area contributed by atoms with Gasteiger partial charge in [-0.05, 0) is 52.6 Å². The van der Waals surface area contributed by atoms with Crippen molar-refractivity contribution in [2.75, 3.05) is 13.6 Å². The quantitative estimate of drug-likeness (QED) is 0.707. The van der Waals surface area contributed by atoms with Gasteiger partial charge in [0.05, 0.1) is 12.6 Å². The fraction of sp³-hybridized carbons (Fsp3) is 0.750. The fourth-order valence-electron chi connectivity index (χ4n) is 2.57. The van der Waals surface area contributed by atoms with E-state index < -0.39 is 0 Å². The van der Waals surface area contributed by atoms with Crippen LogP contribution in [0.25, 0.3) is 0 Å². The number of aromatic nitrogens is 2. The summed E-state index contributed by atoms with van der Waals surface area (Å²) in [5.74, 6) is 1.09. The van der Waals surface area contributed by atoms with Crippen molar-refractivity contribution in [3.8, 4) is 6.07 Å². The summed E-state index contributed by atoms with van der Waals surface area (Å²) in [6, 6.07) is 3.03. The van der Waals surface area contributed by atoms with E-state index in [2.05, 4.69) is 32.9 Å². The number of unbranched alkanes of at least 4 members (excludes halogenated alkanes) is 1. The van der Waals surface area contributed by atoms with Gasteiger partial charge in [-0.1, -0.05) is 0 Å². The molecule has 0 amide bonds. The Morgan fingerprint density at radius 2 is 2.29 bits per heavy atom. The van der Waals surface area contributed by atoms with Crippen LogP contribution in [0.15, 0.2) is 12.4 Å². The van der Waals surface area contributed by atoms with Crippen molar-refractivity contribution in [2.24, 2.45) is 7.05 Å². The van der Waals surface area contributed by atoms with E-state index >= 15 is 0 Å². The standard InChI is InChI=1S/C16H27N5/c1-16(13-17,19-14-6-7-14)8-4-5-10-20(2)12-15-18-9-11-21(15)3/h9,11,14,19H,4-8,10,12H2,1-3H3. The van der Waals surface area contributed by atoms with E-state index in [0.29, 0.717) is 6.04 Å². The molecule has 0 aromatic carbocycles. The molecule has 1 N–H and O–H groups in total. The Labute approximate surface area is 128 Å². The zero-order chi connectivity index (χ0) is 15.3. The lowest BCUT2D eigenvalue weighted by Gasteiger charge is -2.24. The van der Waals surface area contributed by atoms with Crippen LogP contribution in [0.5, 0.6) is 0 Å². The summed E-state index contributed by atoms with van der Waals surface area (Å²) in [5, 5.41) is 12.8. The summed E-state index contributed by atoms with van der Waals surface area (Å²) >= 11 is 0. The van der Waals surface area contributed by atoms with Gasteiger partial charge in [-0.15, -0.1) is 0 Å². The number of nitrogens with one attached hydrogen (secondary N) is 1. The molecule has 0 radical (unpaired) electrons. The first-order valence-electron chi connectivity index (χ1n) is 7.86. The maximum atomic E-state index is 9.34. The second-order valence-electron chi connectivity index (χ2n) is 6.51. The Kier molecular flexibility index (Phi) is 5.38. The SMILES string of the molecule is CN(CCCCC(C)(C#N)NC1CC1)Cc1nccn1C. The highest BCUT2D eigenvalue weighted by Gasteiger charge is 2.31. The van der Waals surface area contributed by atoms with Gasteiger partial charge >= 0.3 is 0 Å². The third-order valence-corrected chi connectivity index (χ3v) is 4.15. The van der Waals surface area contributed by atoms with Gasteiger partial charge in [-0.2, -0.15) is 5.26 Å². The number of rotatable bonds is 9. The number of hydrogen-bond donors (Lipinski definition) is 1. The monoisotopic (exact) mass is 289 g/mol.